The first-order valence-electron chi connectivity index (χ1n) is 10.2. The van der Waals surface area contributed by atoms with Crippen LogP contribution in [0.25, 0.3) is 33.2 Å². The SMILES string of the molecule is O=C(NC1CC1)c1cc(Nc2nc(-c3ccc4[nH][nH]c(=O)c4c3)nc3ccccc23)[nH]n1. The zero-order chi connectivity index (χ0) is 21.7. The largest absolute Gasteiger partial charge is 0.348 e. The summed E-state index contributed by atoms with van der Waals surface area (Å²) in [5.74, 6) is 1.37. The first-order valence-corrected chi connectivity index (χ1v) is 10.2. The monoisotopic (exact) mass is 426 g/mol. The Morgan fingerprint density at radius 1 is 1.00 bits per heavy atom. The molecule has 1 saturated carbocycles. The number of amides is 1. The van der Waals surface area contributed by atoms with E-state index < -0.39 is 0 Å². The molecule has 10 heteroatoms. The van der Waals surface area contributed by atoms with Gasteiger partial charge in [-0.05, 0) is 43.2 Å². The molecule has 1 amide bonds. The fraction of sp³-hybridized carbons (Fsp3) is 0.136. The molecule has 32 heavy (non-hydrogen) atoms. The van der Waals surface area contributed by atoms with Crippen LogP contribution in [0.4, 0.5) is 11.6 Å². The fourth-order valence-corrected chi connectivity index (χ4v) is 3.59. The van der Waals surface area contributed by atoms with E-state index in [9.17, 15) is 9.59 Å². The van der Waals surface area contributed by atoms with Gasteiger partial charge in [-0.25, -0.2) is 9.97 Å². The number of para-hydroxylation sites is 1. The van der Waals surface area contributed by atoms with E-state index in [0.29, 0.717) is 39.6 Å². The van der Waals surface area contributed by atoms with Crippen LogP contribution in [0.15, 0.2) is 53.3 Å². The predicted molar refractivity (Wildman–Crippen MR) is 120 cm³/mol. The van der Waals surface area contributed by atoms with Gasteiger partial charge in [-0.1, -0.05) is 12.1 Å². The van der Waals surface area contributed by atoms with Crippen molar-refractivity contribution in [1.29, 1.82) is 0 Å². The Balaban J connectivity index is 1.39. The number of aromatic amines is 3. The first kappa shape index (κ1) is 18.3. The van der Waals surface area contributed by atoms with Crippen LogP contribution in [0, 0.1) is 0 Å². The Morgan fingerprint density at radius 2 is 1.88 bits per heavy atom. The molecule has 1 fully saturated rings. The molecule has 0 radical (unpaired) electrons. The molecular weight excluding hydrogens is 408 g/mol. The lowest BCUT2D eigenvalue weighted by atomic mass is 10.1. The molecule has 1 aliphatic carbocycles. The smallest absolute Gasteiger partial charge is 0.272 e. The van der Waals surface area contributed by atoms with Gasteiger partial charge in [0.2, 0.25) is 0 Å². The van der Waals surface area contributed by atoms with Crippen molar-refractivity contribution in [1.82, 2.24) is 35.7 Å². The molecule has 1 aliphatic rings. The number of anilines is 2. The summed E-state index contributed by atoms with van der Waals surface area (Å²) in [4.78, 5) is 33.7. The summed E-state index contributed by atoms with van der Waals surface area (Å²) in [5, 5.41) is 19.9. The van der Waals surface area contributed by atoms with E-state index in [1.54, 1.807) is 12.1 Å². The number of rotatable bonds is 5. The number of carbonyl (C=O) groups excluding carboxylic acids is 1. The summed E-state index contributed by atoms with van der Waals surface area (Å²) in [6.07, 6.45) is 2.02. The number of benzene rings is 2. The third kappa shape index (κ3) is 3.27. The molecule has 158 valence electrons. The van der Waals surface area contributed by atoms with Crippen LogP contribution < -0.4 is 16.2 Å². The van der Waals surface area contributed by atoms with Crippen LogP contribution in [0.1, 0.15) is 23.3 Å². The normalized spacial score (nSPS) is 13.5. The van der Waals surface area contributed by atoms with E-state index in [2.05, 4.69) is 36.0 Å². The fourth-order valence-electron chi connectivity index (χ4n) is 3.59. The Kier molecular flexibility index (Phi) is 4.03. The van der Waals surface area contributed by atoms with Crippen LogP contribution in [0.5, 0.6) is 0 Å². The van der Waals surface area contributed by atoms with Crippen molar-refractivity contribution in [3.05, 3.63) is 64.6 Å². The summed E-state index contributed by atoms with van der Waals surface area (Å²) in [5.41, 5.74) is 2.29. The minimum atomic E-state index is -0.199. The number of carbonyl (C=O) groups is 1. The molecular formula is C22H18N8O2. The predicted octanol–water partition coefficient (Wildman–Crippen LogP) is 2.83. The first-order chi connectivity index (χ1) is 15.6. The second kappa shape index (κ2) is 7.05. The standard InChI is InChI=1S/C22H18N8O2/c31-21-14-9-11(5-8-16(14)27-30-21)19-24-15-4-2-1-3-13(15)20(26-19)25-18-10-17(28-29-18)22(32)23-12-6-7-12/h1-5,8-10,12H,6-7H2,(H,23,32)(H2,27,30,31)(H2,24,25,26,28,29). The molecule has 2 aromatic carbocycles. The number of nitrogens with zero attached hydrogens (tertiary/aromatic N) is 3. The topological polar surface area (TPSA) is 144 Å². The van der Waals surface area contributed by atoms with Crippen LogP contribution in [0.3, 0.4) is 0 Å². The number of H-pyrrole nitrogens is 3. The zero-order valence-corrected chi connectivity index (χ0v) is 16.8. The third-order valence-electron chi connectivity index (χ3n) is 5.41. The van der Waals surface area contributed by atoms with Crippen molar-refractivity contribution in [2.75, 3.05) is 5.32 Å². The van der Waals surface area contributed by atoms with E-state index in [-0.39, 0.29) is 17.5 Å². The lowest BCUT2D eigenvalue weighted by Gasteiger charge is -2.10. The van der Waals surface area contributed by atoms with Crippen LogP contribution in [-0.4, -0.2) is 42.3 Å². The molecule has 10 nitrogen and oxygen atoms in total. The molecule has 3 aromatic heterocycles. The summed E-state index contributed by atoms with van der Waals surface area (Å²) in [7, 11) is 0. The number of hydrogen-bond acceptors (Lipinski definition) is 6. The van der Waals surface area contributed by atoms with Gasteiger partial charge in [0.25, 0.3) is 11.5 Å². The number of fused-ring (bicyclic) bond motifs is 2. The van der Waals surface area contributed by atoms with Gasteiger partial charge in [0.15, 0.2) is 11.5 Å². The van der Waals surface area contributed by atoms with E-state index >= 15 is 0 Å². The lowest BCUT2D eigenvalue weighted by Crippen LogP contribution is -2.25. The Morgan fingerprint density at radius 3 is 2.75 bits per heavy atom. The second-order valence-corrected chi connectivity index (χ2v) is 7.79. The van der Waals surface area contributed by atoms with Crippen molar-refractivity contribution in [3.8, 4) is 11.4 Å². The van der Waals surface area contributed by atoms with E-state index in [1.807, 2.05) is 36.4 Å². The quantitative estimate of drug-likeness (QED) is 0.292. The molecule has 0 unspecified atom stereocenters. The van der Waals surface area contributed by atoms with Crippen LogP contribution in [0.2, 0.25) is 0 Å². The third-order valence-corrected chi connectivity index (χ3v) is 5.41. The number of hydrogen-bond donors (Lipinski definition) is 5. The van der Waals surface area contributed by atoms with Gasteiger partial charge in [-0.15, -0.1) is 0 Å². The molecule has 0 bridgehead atoms. The van der Waals surface area contributed by atoms with Gasteiger partial charge in [-0.2, -0.15) is 5.10 Å². The van der Waals surface area contributed by atoms with E-state index in [4.69, 9.17) is 4.98 Å². The molecule has 0 atom stereocenters. The maximum Gasteiger partial charge on any atom is 0.272 e. The van der Waals surface area contributed by atoms with Crippen molar-refractivity contribution < 1.29 is 4.79 Å². The number of nitrogens with one attached hydrogen (secondary N) is 5. The molecule has 0 saturated heterocycles. The van der Waals surface area contributed by atoms with Crippen molar-refractivity contribution >= 4 is 39.3 Å². The molecule has 6 rings (SSSR count). The summed E-state index contributed by atoms with van der Waals surface area (Å²) >= 11 is 0. The minimum absolute atomic E-state index is 0.199. The maximum atomic E-state index is 12.2. The Labute approximate surface area is 180 Å². The average Bonchev–Trinajstić information content (AvgIpc) is 3.37. The zero-order valence-electron chi connectivity index (χ0n) is 16.8. The highest BCUT2D eigenvalue weighted by Gasteiger charge is 2.25. The molecule has 3 heterocycles. The van der Waals surface area contributed by atoms with Gasteiger partial charge >= 0.3 is 0 Å². The van der Waals surface area contributed by atoms with Crippen molar-refractivity contribution in [2.45, 2.75) is 18.9 Å². The van der Waals surface area contributed by atoms with Gasteiger partial charge in [0, 0.05) is 23.1 Å². The highest BCUT2D eigenvalue weighted by Crippen LogP contribution is 2.28. The molecule has 0 aliphatic heterocycles. The minimum Gasteiger partial charge on any atom is -0.348 e. The van der Waals surface area contributed by atoms with Crippen LogP contribution in [-0.2, 0) is 0 Å². The lowest BCUT2D eigenvalue weighted by molar-refractivity contribution is 0.0946. The molecule has 5 N–H and O–H groups in total. The van der Waals surface area contributed by atoms with Crippen molar-refractivity contribution in [2.24, 2.45) is 0 Å². The maximum absolute atomic E-state index is 12.2. The van der Waals surface area contributed by atoms with Gasteiger partial charge < -0.3 is 10.6 Å². The van der Waals surface area contributed by atoms with E-state index in [0.717, 1.165) is 23.7 Å². The van der Waals surface area contributed by atoms with Gasteiger partial charge in [0.05, 0.1) is 16.4 Å². The van der Waals surface area contributed by atoms with Gasteiger partial charge in [-0.3, -0.25) is 24.9 Å². The van der Waals surface area contributed by atoms with Crippen LogP contribution >= 0.6 is 0 Å². The summed E-state index contributed by atoms with van der Waals surface area (Å²) in [6, 6.07) is 15.0. The van der Waals surface area contributed by atoms with E-state index in [1.165, 1.54) is 0 Å². The summed E-state index contributed by atoms with van der Waals surface area (Å²) in [6.45, 7) is 0. The van der Waals surface area contributed by atoms with Gasteiger partial charge in [0.1, 0.15) is 11.6 Å². The van der Waals surface area contributed by atoms with Crippen molar-refractivity contribution in [3.63, 3.8) is 0 Å². The Hall–Kier alpha value is -4.47. The average molecular weight is 426 g/mol. The number of aromatic nitrogens is 6. The highest BCUT2D eigenvalue weighted by molar-refractivity contribution is 5.95. The Bertz CT molecular complexity index is 1540. The molecule has 0 spiro atoms. The molecule has 5 aromatic rings. The highest BCUT2D eigenvalue weighted by atomic mass is 16.2. The second-order valence-electron chi connectivity index (χ2n) is 7.79. The summed E-state index contributed by atoms with van der Waals surface area (Å²) < 4.78 is 0.